The maximum absolute atomic E-state index is 5.69. The topological polar surface area (TPSA) is 47.0 Å². The highest BCUT2D eigenvalue weighted by atomic mass is 32.1. The van der Waals surface area contributed by atoms with E-state index in [0.717, 1.165) is 23.8 Å². The van der Waals surface area contributed by atoms with Gasteiger partial charge in [0.2, 0.25) is 0 Å². The van der Waals surface area contributed by atoms with Crippen molar-refractivity contribution in [2.24, 2.45) is 0 Å². The lowest BCUT2D eigenvalue weighted by atomic mass is 10.0. The first kappa shape index (κ1) is 14.0. The van der Waals surface area contributed by atoms with E-state index in [2.05, 4.69) is 48.4 Å². The molecule has 2 rings (SSSR count). The molecule has 19 heavy (non-hydrogen) atoms. The summed E-state index contributed by atoms with van der Waals surface area (Å²) >= 11 is 1.47. The van der Waals surface area contributed by atoms with E-state index in [4.69, 9.17) is 4.74 Å². The van der Waals surface area contributed by atoms with Gasteiger partial charge in [-0.05, 0) is 30.2 Å². The van der Waals surface area contributed by atoms with E-state index in [1.165, 1.54) is 16.9 Å². The molecule has 0 saturated heterocycles. The molecular formula is C14H19N3OS. The Morgan fingerprint density at radius 1 is 1.21 bits per heavy atom. The first-order chi connectivity index (χ1) is 9.19. The number of aromatic nitrogens is 2. The van der Waals surface area contributed by atoms with E-state index in [1.54, 1.807) is 0 Å². The molecule has 0 fully saturated rings. The number of nitrogens with one attached hydrogen (secondary N) is 1. The van der Waals surface area contributed by atoms with E-state index in [9.17, 15) is 0 Å². The van der Waals surface area contributed by atoms with Crippen LogP contribution >= 0.6 is 11.3 Å². The number of hydrogen-bond acceptors (Lipinski definition) is 5. The van der Waals surface area contributed by atoms with Crippen LogP contribution in [-0.2, 0) is 6.54 Å². The van der Waals surface area contributed by atoms with Crippen molar-refractivity contribution in [1.82, 2.24) is 15.5 Å². The summed E-state index contributed by atoms with van der Waals surface area (Å²) in [6.07, 6.45) is 0. The van der Waals surface area contributed by atoms with E-state index in [1.807, 2.05) is 12.1 Å². The minimum Gasteiger partial charge on any atom is -0.430 e. The molecule has 0 aliphatic rings. The second-order valence-electron chi connectivity index (χ2n) is 4.57. The van der Waals surface area contributed by atoms with Gasteiger partial charge in [0.1, 0.15) is 10.8 Å². The summed E-state index contributed by atoms with van der Waals surface area (Å²) in [5.41, 5.74) is 1.30. The van der Waals surface area contributed by atoms with Crippen LogP contribution in [-0.4, -0.2) is 16.7 Å². The number of benzene rings is 1. The van der Waals surface area contributed by atoms with E-state index in [-0.39, 0.29) is 0 Å². The summed E-state index contributed by atoms with van der Waals surface area (Å²) in [4.78, 5) is 0. The van der Waals surface area contributed by atoms with Crippen LogP contribution in [0.1, 0.15) is 37.3 Å². The predicted molar refractivity (Wildman–Crippen MR) is 77.9 cm³/mol. The third kappa shape index (κ3) is 4.01. The molecule has 0 unspecified atom stereocenters. The molecule has 0 bridgehead atoms. The highest BCUT2D eigenvalue weighted by Gasteiger charge is 2.06. The lowest BCUT2D eigenvalue weighted by molar-refractivity contribution is 0.472. The Hall–Kier alpha value is -1.46. The molecule has 0 saturated carbocycles. The average Bonchev–Trinajstić information content (AvgIpc) is 2.84. The second kappa shape index (κ2) is 6.63. The fraction of sp³-hybridized carbons (Fsp3) is 0.429. The van der Waals surface area contributed by atoms with Gasteiger partial charge < -0.3 is 10.1 Å². The van der Waals surface area contributed by atoms with Gasteiger partial charge in [-0.25, -0.2) is 0 Å². The molecule has 102 valence electrons. The first-order valence-electron chi connectivity index (χ1n) is 6.50. The normalized spacial score (nSPS) is 10.9. The molecule has 0 radical (unpaired) electrons. The number of hydrogen-bond donors (Lipinski definition) is 1. The lowest BCUT2D eigenvalue weighted by Gasteiger charge is -2.06. The lowest BCUT2D eigenvalue weighted by Crippen LogP contribution is -2.11. The van der Waals surface area contributed by atoms with E-state index >= 15 is 0 Å². The zero-order valence-corrected chi connectivity index (χ0v) is 12.3. The first-order valence-corrected chi connectivity index (χ1v) is 7.31. The molecule has 5 heteroatoms. The summed E-state index contributed by atoms with van der Waals surface area (Å²) in [5.74, 6) is 1.33. The SMILES string of the molecule is CCNCc1nnc(Oc2ccc(C(C)C)cc2)s1. The van der Waals surface area contributed by atoms with Gasteiger partial charge in [0, 0.05) is 6.54 Å². The van der Waals surface area contributed by atoms with Crippen molar-refractivity contribution in [3.05, 3.63) is 34.8 Å². The largest absolute Gasteiger partial charge is 0.430 e. The van der Waals surface area contributed by atoms with Gasteiger partial charge in [0.15, 0.2) is 0 Å². The molecule has 0 amide bonds. The Bertz CT molecular complexity index is 508. The number of rotatable bonds is 6. The van der Waals surface area contributed by atoms with Crippen LogP contribution in [0.4, 0.5) is 0 Å². The van der Waals surface area contributed by atoms with Crippen molar-refractivity contribution in [2.45, 2.75) is 33.2 Å². The Labute approximate surface area is 117 Å². The number of nitrogens with zero attached hydrogens (tertiary/aromatic N) is 2. The quantitative estimate of drug-likeness (QED) is 0.877. The zero-order chi connectivity index (χ0) is 13.7. The molecule has 1 aromatic carbocycles. The van der Waals surface area contributed by atoms with Crippen LogP contribution in [0, 0.1) is 0 Å². The van der Waals surface area contributed by atoms with Crippen LogP contribution < -0.4 is 10.1 Å². The fourth-order valence-corrected chi connectivity index (χ4v) is 2.28. The monoisotopic (exact) mass is 277 g/mol. The van der Waals surface area contributed by atoms with Crippen molar-refractivity contribution in [3.63, 3.8) is 0 Å². The Kier molecular flexibility index (Phi) is 4.87. The van der Waals surface area contributed by atoms with E-state index in [0.29, 0.717) is 11.1 Å². The van der Waals surface area contributed by atoms with Gasteiger partial charge in [-0.15, -0.1) is 5.10 Å². The molecule has 2 aromatic rings. The molecule has 0 spiro atoms. The van der Waals surface area contributed by atoms with Crippen LogP contribution in [0.15, 0.2) is 24.3 Å². The Morgan fingerprint density at radius 3 is 2.58 bits per heavy atom. The van der Waals surface area contributed by atoms with Gasteiger partial charge in [-0.3, -0.25) is 0 Å². The zero-order valence-electron chi connectivity index (χ0n) is 11.5. The fourth-order valence-electron chi connectivity index (χ4n) is 1.60. The third-order valence-corrected chi connectivity index (χ3v) is 3.53. The minimum atomic E-state index is 0.530. The molecular weight excluding hydrogens is 258 g/mol. The van der Waals surface area contributed by atoms with Crippen LogP contribution in [0.2, 0.25) is 0 Å². The van der Waals surface area contributed by atoms with Crippen LogP contribution in [0.5, 0.6) is 10.9 Å². The van der Waals surface area contributed by atoms with Gasteiger partial charge in [0.25, 0.3) is 5.19 Å². The third-order valence-electron chi connectivity index (χ3n) is 2.73. The molecule has 0 aliphatic heterocycles. The molecule has 1 heterocycles. The summed E-state index contributed by atoms with van der Waals surface area (Å²) in [5, 5.41) is 12.8. The standard InChI is InChI=1S/C14H19N3OS/c1-4-15-9-13-16-17-14(19-13)18-12-7-5-11(6-8-12)10(2)3/h5-8,10,15H,4,9H2,1-3H3. The molecule has 0 atom stereocenters. The van der Waals surface area contributed by atoms with Crippen LogP contribution in [0.25, 0.3) is 0 Å². The molecule has 0 aliphatic carbocycles. The molecule has 1 aromatic heterocycles. The van der Waals surface area contributed by atoms with Crippen molar-refractivity contribution in [2.75, 3.05) is 6.54 Å². The second-order valence-corrected chi connectivity index (χ2v) is 5.59. The van der Waals surface area contributed by atoms with Crippen molar-refractivity contribution in [3.8, 4) is 10.9 Å². The molecule has 1 N–H and O–H groups in total. The predicted octanol–water partition coefficient (Wildman–Crippen LogP) is 3.56. The van der Waals surface area contributed by atoms with E-state index < -0.39 is 0 Å². The number of ether oxygens (including phenoxy) is 1. The average molecular weight is 277 g/mol. The Morgan fingerprint density at radius 2 is 1.95 bits per heavy atom. The van der Waals surface area contributed by atoms with Gasteiger partial charge in [-0.1, -0.05) is 49.3 Å². The summed E-state index contributed by atoms with van der Waals surface area (Å²) < 4.78 is 5.69. The Balaban J connectivity index is 1.98. The maximum atomic E-state index is 5.69. The van der Waals surface area contributed by atoms with Crippen molar-refractivity contribution < 1.29 is 4.74 Å². The van der Waals surface area contributed by atoms with Crippen molar-refractivity contribution >= 4 is 11.3 Å². The summed E-state index contributed by atoms with van der Waals surface area (Å²) in [6, 6.07) is 8.11. The summed E-state index contributed by atoms with van der Waals surface area (Å²) in [7, 11) is 0. The van der Waals surface area contributed by atoms with Gasteiger partial charge >= 0.3 is 0 Å². The summed E-state index contributed by atoms with van der Waals surface area (Å²) in [6.45, 7) is 8.08. The minimum absolute atomic E-state index is 0.530. The smallest absolute Gasteiger partial charge is 0.299 e. The van der Waals surface area contributed by atoms with Crippen LogP contribution in [0.3, 0.4) is 0 Å². The maximum Gasteiger partial charge on any atom is 0.299 e. The highest BCUT2D eigenvalue weighted by molar-refractivity contribution is 7.13. The van der Waals surface area contributed by atoms with Crippen molar-refractivity contribution in [1.29, 1.82) is 0 Å². The highest BCUT2D eigenvalue weighted by Crippen LogP contribution is 2.26. The molecule has 4 nitrogen and oxygen atoms in total. The van der Waals surface area contributed by atoms with Gasteiger partial charge in [-0.2, -0.15) is 0 Å². The van der Waals surface area contributed by atoms with Gasteiger partial charge in [0.05, 0.1) is 0 Å².